The Kier molecular flexibility index (Phi) is 4.83. The van der Waals surface area contributed by atoms with Crippen LogP contribution in [0.25, 0.3) is 0 Å². The zero-order valence-corrected chi connectivity index (χ0v) is 11.9. The summed E-state index contributed by atoms with van der Waals surface area (Å²) in [5.41, 5.74) is 0. The maximum absolute atomic E-state index is 5.61. The van der Waals surface area contributed by atoms with Gasteiger partial charge in [-0.25, -0.2) is 0 Å². The van der Waals surface area contributed by atoms with Gasteiger partial charge in [0.15, 0.2) is 4.34 Å². The largest absolute Gasteiger partial charge is 0.497 e. The van der Waals surface area contributed by atoms with E-state index in [9.17, 15) is 0 Å². The van der Waals surface area contributed by atoms with E-state index in [0.29, 0.717) is 6.61 Å². The molecular weight excluding hydrogens is 268 g/mol. The molecule has 1 aromatic carbocycles. The topological polar surface area (TPSA) is 44.2 Å². The van der Waals surface area contributed by atoms with Gasteiger partial charge in [-0.3, -0.25) is 0 Å². The molecule has 0 radical (unpaired) electrons. The molecule has 18 heavy (non-hydrogen) atoms. The van der Waals surface area contributed by atoms with Crippen LogP contribution in [0.15, 0.2) is 28.6 Å². The van der Waals surface area contributed by atoms with Crippen LogP contribution in [0.3, 0.4) is 0 Å². The number of nitrogens with zero attached hydrogens (tertiary/aromatic N) is 2. The second kappa shape index (κ2) is 6.61. The van der Waals surface area contributed by atoms with E-state index in [1.54, 1.807) is 30.2 Å². The van der Waals surface area contributed by atoms with Gasteiger partial charge in [-0.2, -0.15) is 0 Å². The van der Waals surface area contributed by atoms with Crippen molar-refractivity contribution in [3.8, 4) is 11.5 Å². The number of methoxy groups -OCH3 is 1. The van der Waals surface area contributed by atoms with Crippen LogP contribution in [0.1, 0.15) is 5.01 Å². The summed E-state index contributed by atoms with van der Waals surface area (Å²) in [6, 6.07) is 7.57. The molecule has 0 aliphatic heterocycles. The molecule has 0 bridgehead atoms. The first-order valence-electron chi connectivity index (χ1n) is 5.47. The molecule has 6 heteroatoms. The highest BCUT2D eigenvalue weighted by molar-refractivity contribution is 8.01. The Morgan fingerprint density at radius 2 is 1.89 bits per heavy atom. The van der Waals surface area contributed by atoms with Crippen LogP contribution in [0.5, 0.6) is 11.5 Å². The van der Waals surface area contributed by atoms with Crippen molar-refractivity contribution in [3.63, 3.8) is 0 Å². The number of aromatic nitrogens is 2. The Bertz CT molecular complexity index is 485. The van der Waals surface area contributed by atoms with Crippen LogP contribution in [-0.2, 0) is 0 Å². The van der Waals surface area contributed by atoms with Gasteiger partial charge in [0.05, 0.1) is 13.7 Å². The van der Waals surface area contributed by atoms with Gasteiger partial charge in [-0.1, -0.05) is 23.1 Å². The smallest absolute Gasteiger partial charge is 0.174 e. The first-order chi connectivity index (χ1) is 8.78. The third kappa shape index (κ3) is 3.89. The molecule has 4 nitrogen and oxygen atoms in total. The standard InChI is InChI=1S/C12H14N2O2S2/c1-9-13-14-12(18-9)17-8-7-16-11-5-3-10(15-2)4-6-11/h3-6H,7-8H2,1-2H3. The summed E-state index contributed by atoms with van der Waals surface area (Å²) in [6.07, 6.45) is 0. The predicted molar refractivity (Wildman–Crippen MR) is 73.9 cm³/mol. The molecule has 1 aromatic heterocycles. The molecule has 2 aromatic rings. The number of rotatable bonds is 6. The van der Waals surface area contributed by atoms with Crippen LogP contribution in [0, 0.1) is 6.92 Å². The Labute approximate surface area is 114 Å². The Hall–Kier alpha value is -1.27. The highest BCUT2D eigenvalue weighted by Crippen LogP contribution is 2.22. The van der Waals surface area contributed by atoms with Crippen molar-refractivity contribution in [1.82, 2.24) is 10.2 Å². The van der Waals surface area contributed by atoms with E-state index in [1.807, 2.05) is 31.2 Å². The summed E-state index contributed by atoms with van der Waals surface area (Å²) in [5, 5.41) is 9.00. The SMILES string of the molecule is COc1ccc(OCCSc2nnc(C)s2)cc1. The first kappa shape index (κ1) is 13.2. The van der Waals surface area contributed by atoms with Gasteiger partial charge < -0.3 is 9.47 Å². The van der Waals surface area contributed by atoms with Crippen molar-refractivity contribution in [3.05, 3.63) is 29.3 Å². The van der Waals surface area contributed by atoms with Gasteiger partial charge >= 0.3 is 0 Å². The van der Waals surface area contributed by atoms with Crippen LogP contribution in [-0.4, -0.2) is 29.7 Å². The quantitative estimate of drug-likeness (QED) is 0.602. The Balaban J connectivity index is 1.71. The molecule has 0 aliphatic carbocycles. The number of benzene rings is 1. The van der Waals surface area contributed by atoms with Crippen LogP contribution in [0.4, 0.5) is 0 Å². The molecule has 0 amide bonds. The fraction of sp³-hybridized carbons (Fsp3) is 0.333. The van der Waals surface area contributed by atoms with Crippen molar-refractivity contribution < 1.29 is 9.47 Å². The lowest BCUT2D eigenvalue weighted by Crippen LogP contribution is -1.99. The third-order valence-corrected chi connectivity index (χ3v) is 4.08. The lowest BCUT2D eigenvalue weighted by atomic mass is 10.3. The highest BCUT2D eigenvalue weighted by Gasteiger charge is 2.01. The molecule has 0 aliphatic rings. The zero-order chi connectivity index (χ0) is 12.8. The van der Waals surface area contributed by atoms with Crippen LogP contribution >= 0.6 is 23.1 Å². The lowest BCUT2D eigenvalue weighted by molar-refractivity contribution is 0.342. The average Bonchev–Trinajstić information content (AvgIpc) is 2.81. The summed E-state index contributed by atoms with van der Waals surface area (Å²) in [5.74, 6) is 2.55. The van der Waals surface area contributed by atoms with Crippen molar-refractivity contribution in [1.29, 1.82) is 0 Å². The van der Waals surface area contributed by atoms with Crippen LogP contribution < -0.4 is 9.47 Å². The lowest BCUT2D eigenvalue weighted by Gasteiger charge is -2.05. The number of hydrogen-bond donors (Lipinski definition) is 0. The molecule has 2 rings (SSSR count). The number of thioether (sulfide) groups is 1. The minimum Gasteiger partial charge on any atom is -0.497 e. The van der Waals surface area contributed by atoms with Gasteiger partial charge in [0.25, 0.3) is 0 Å². The van der Waals surface area contributed by atoms with Crippen molar-refractivity contribution in [2.75, 3.05) is 19.5 Å². The molecule has 0 saturated heterocycles. The maximum atomic E-state index is 5.61. The third-order valence-electron chi connectivity index (χ3n) is 2.14. The maximum Gasteiger partial charge on any atom is 0.174 e. The van der Waals surface area contributed by atoms with E-state index >= 15 is 0 Å². The molecule has 1 heterocycles. The molecule has 0 spiro atoms. The molecule has 0 atom stereocenters. The van der Waals surface area contributed by atoms with E-state index in [2.05, 4.69) is 10.2 Å². The molecule has 0 unspecified atom stereocenters. The van der Waals surface area contributed by atoms with Gasteiger partial charge in [0, 0.05) is 5.75 Å². The minimum atomic E-state index is 0.648. The Morgan fingerprint density at radius 1 is 1.17 bits per heavy atom. The van der Waals surface area contributed by atoms with Gasteiger partial charge in [-0.05, 0) is 31.2 Å². The van der Waals surface area contributed by atoms with Gasteiger partial charge in [0.2, 0.25) is 0 Å². The summed E-state index contributed by atoms with van der Waals surface area (Å²) < 4.78 is 11.7. The van der Waals surface area contributed by atoms with E-state index in [4.69, 9.17) is 9.47 Å². The van der Waals surface area contributed by atoms with Crippen LogP contribution in [0.2, 0.25) is 0 Å². The highest BCUT2D eigenvalue weighted by atomic mass is 32.2. The van der Waals surface area contributed by atoms with E-state index in [0.717, 1.165) is 26.6 Å². The number of ether oxygens (including phenoxy) is 2. The summed E-state index contributed by atoms with van der Waals surface area (Å²) >= 11 is 3.27. The molecule has 0 saturated carbocycles. The summed E-state index contributed by atoms with van der Waals surface area (Å²) in [6.45, 7) is 2.60. The Morgan fingerprint density at radius 3 is 2.50 bits per heavy atom. The average molecular weight is 282 g/mol. The van der Waals surface area contributed by atoms with Crippen molar-refractivity contribution >= 4 is 23.1 Å². The fourth-order valence-corrected chi connectivity index (χ4v) is 3.00. The second-order valence-electron chi connectivity index (χ2n) is 3.46. The molecule has 0 N–H and O–H groups in total. The zero-order valence-electron chi connectivity index (χ0n) is 10.3. The molecule has 96 valence electrons. The fourth-order valence-electron chi connectivity index (χ4n) is 1.30. The monoisotopic (exact) mass is 282 g/mol. The van der Waals surface area contributed by atoms with Gasteiger partial charge in [-0.15, -0.1) is 10.2 Å². The second-order valence-corrected chi connectivity index (χ2v) is 5.98. The summed E-state index contributed by atoms with van der Waals surface area (Å²) in [7, 11) is 1.65. The van der Waals surface area contributed by atoms with Gasteiger partial charge in [0.1, 0.15) is 16.5 Å². The van der Waals surface area contributed by atoms with Crippen molar-refractivity contribution in [2.45, 2.75) is 11.3 Å². The number of aryl methyl sites for hydroxylation is 1. The van der Waals surface area contributed by atoms with E-state index < -0.39 is 0 Å². The van der Waals surface area contributed by atoms with E-state index in [1.165, 1.54) is 0 Å². The van der Waals surface area contributed by atoms with E-state index in [-0.39, 0.29) is 0 Å². The summed E-state index contributed by atoms with van der Waals surface area (Å²) in [4.78, 5) is 0. The molecule has 0 fully saturated rings. The normalized spacial score (nSPS) is 10.3. The number of hydrogen-bond acceptors (Lipinski definition) is 6. The van der Waals surface area contributed by atoms with Crippen molar-refractivity contribution in [2.24, 2.45) is 0 Å². The predicted octanol–water partition coefficient (Wildman–Crippen LogP) is 3.03. The first-order valence-corrected chi connectivity index (χ1v) is 7.28. The molecular formula is C12H14N2O2S2. The minimum absolute atomic E-state index is 0.648.